The highest BCUT2D eigenvalue weighted by molar-refractivity contribution is 6.11. The van der Waals surface area contributed by atoms with Crippen LogP contribution in [0.5, 0.6) is 0 Å². The molecule has 0 fully saturated rings. The molecule has 0 atom stereocenters. The van der Waals surface area contributed by atoms with Crippen molar-refractivity contribution < 1.29 is 4.39 Å². The van der Waals surface area contributed by atoms with Gasteiger partial charge in [0.25, 0.3) is 0 Å². The lowest BCUT2D eigenvalue weighted by molar-refractivity contribution is 0.628. The van der Waals surface area contributed by atoms with Gasteiger partial charge in [0.1, 0.15) is 5.82 Å². The van der Waals surface area contributed by atoms with Gasteiger partial charge in [-0.2, -0.15) is 0 Å². The van der Waals surface area contributed by atoms with Crippen molar-refractivity contribution in [2.75, 3.05) is 4.90 Å². The van der Waals surface area contributed by atoms with Crippen LogP contribution in [0.3, 0.4) is 0 Å². The minimum absolute atomic E-state index is 0.236. The van der Waals surface area contributed by atoms with E-state index >= 15 is 0 Å². The van der Waals surface area contributed by atoms with E-state index < -0.39 is 0 Å². The van der Waals surface area contributed by atoms with E-state index in [4.69, 9.17) is 0 Å². The molecule has 0 spiro atoms. The van der Waals surface area contributed by atoms with Gasteiger partial charge in [0.2, 0.25) is 0 Å². The number of halogens is 1. The molecule has 0 amide bonds. The van der Waals surface area contributed by atoms with Crippen LogP contribution in [0.25, 0.3) is 72.0 Å². The van der Waals surface area contributed by atoms with Gasteiger partial charge >= 0.3 is 0 Å². The third-order valence-corrected chi connectivity index (χ3v) is 10.9. The maximum absolute atomic E-state index is 13.7. The van der Waals surface area contributed by atoms with E-state index in [1.54, 1.807) is 0 Å². The van der Waals surface area contributed by atoms with Crippen LogP contribution in [0.2, 0.25) is 0 Å². The Morgan fingerprint density at radius 2 is 0.684 bits per heavy atom. The third kappa shape index (κ3) is 6.56. The molecule has 270 valence electrons. The lowest BCUT2D eigenvalue weighted by atomic mass is 10.0. The number of rotatable bonds is 8. The number of benzene rings is 9. The molecule has 0 aliphatic rings. The number of hydrogen-bond acceptors (Lipinski definition) is 1. The van der Waals surface area contributed by atoms with E-state index in [1.165, 1.54) is 56.2 Å². The van der Waals surface area contributed by atoms with E-state index in [0.29, 0.717) is 0 Å². The summed E-state index contributed by atoms with van der Waals surface area (Å²) in [4.78, 5) is 2.29. The van der Waals surface area contributed by atoms with Crippen LogP contribution in [-0.2, 0) is 0 Å². The van der Waals surface area contributed by atoms with E-state index in [-0.39, 0.29) is 5.82 Å². The maximum atomic E-state index is 13.7. The molecule has 0 aliphatic heterocycles. The lowest BCUT2D eigenvalue weighted by Crippen LogP contribution is -2.09. The van der Waals surface area contributed by atoms with Gasteiger partial charge in [-0.3, -0.25) is 0 Å². The standard InChI is InChI=1S/C54H37FN2/c55-46-26-16-40(17-27-46)42-20-30-49(31-21-42)56(48-28-18-41(19-29-48)38-10-4-1-5-11-38)50-32-22-43(23-33-50)44-25-35-53-52(36-44)51-34-24-45(39-12-6-2-7-13-39)37-54(51)57(53)47-14-8-3-9-15-47/h1-37H. The molecule has 0 radical (unpaired) electrons. The Morgan fingerprint density at radius 3 is 1.21 bits per heavy atom. The quantitative estimate of drug-likeness (QED) is 0.151. The van der Waals surface area contributed by atoms with Crippen LogP contribution in [0.1, 0.15) is 0 Å². The van der Waals surface area contributed by atoms with Crippen molar-refractivity contribution >= 4 is 38.9 Å². The smallest absolute Gasteiger partial charge is 0.123 e. The first-order chi connectivity index (χ1) is 28.2. The molecule has 1 aromatic heterocycles. The van der Waals surface area contributed by atoms with Gasteiger partial charge in [0.15, 0.2) is 0 Å². The third-order valence-electron chi connectivity index (χ3n) is 10.9. The minimum atomic E-state index is -0.236. The van der Waals surface area contributed by atoms with Gasteiger partial charge in [-0.05, 0) is 123 Å². The Morgan fingerprint density at radius 1 is 0.298 bits per heavy atom. The molecule has 0 N–H and O–H groups in total. The zero-order valence-corrected chi connectivity index (χ0v) is 31.1. The summed E-state index contributed by atoms with van der Waals surface area (Å²) in [6.07, 6.45) is 0. The highest BCUT2D eigenvalue weighted by Crippen LogP contribution is 2.40. The summed E-state index contributed by atoms with van der Waals surface area (Å²) in [5, 5.41) is 2.44. The van der Waals surface area contributed by atoms with Crippen molar-refractivity contribution in [3.63, 3.8) is 0 Å². The summed E-state index contributed by atoms with van der Waals surface area (Å²) < 4.78 is 16.1. The van der Waals surface area contributed by atoms with Crippen LogP contribution >= 0.6 is 0 Å². The summed E-state index contributed by atoms with van der Waals surface area (Å²) in [7, 11) is 0. The van der Waals surface area contributed by atoms with Gasteiger partial charge in [-0.25, -0.2) is 4.39 Å². The lowest BCUT2D eigenvalue weighted by Gasteiger charge is -2.26. The first kappa shape index (κ1) is 34.0. The zero-order chi connectivity index (χ0) is 38.1. The average molecular weight is 733 g/mol. The molecule has 0 unspecified atom stereocenters. The Bertz CT molecular complexity index is 2950. The van der Waals surface area contributed by atoms with Crippen molar-refractivity contribution in [1.29, 1.82) is 0 Å². The van der Waals surface area contributed by atoms with Gasteiger partial charge in [-0.15, -0.1) is 0 Å². The number of aromatic nitrogens is 1. The molecule has 0 bridgehead atoms. The van der Waals surface area contributed by atoms with Crippen molar-refractivity contribution in [2.24, 2.45) is 0 Å². The minimum Gasteiger partial charge on any atom is -0.311 e. The van der Waals surface area contributed by atoms with Crippen molar-refractivity contribution in [3.05, 3.63) is 230 Å². The van der Waals surface area contributed by atoms with E-state index in [9.17, 15) is 4.39 Å². The number of nitrogens with zero attached hydrogens (tertiary/aromatic N) is 2. The zero-order valence-electron chi connectivity index (χ0n) is 31.1. The largest absolute Gasteiger partial charge is 0.311 e. The fourth-order valence-corrected chi connectivity index (χ4v) is 7.99. The SMILES string of the molecule is Fc1ccc(-c2ccc(N(c3ccc(-c4ccccc4)cc3)c3ccc(-c4ccc5c(c4)c4ccc(-c6ccccc6)cc4n5-c4ccccc4)cc3)cc2)cc1. The molecule has 0 saturated carbocycles. The number of fused-ring (bicyclic) bond motifs is 3. The topological polar surface area (TPSA) is 8.17 Å². The molecule has 0 saturated heterocycles. The van der Waals surface area contributed by atoms with Crippen LogP contribution in [0, 0.1) is 5.82 Å². The van der Waals surface area contributed by atoms with E-state index in [0.717, 1.165) is 45.0 Å². The predicted octanol–water partition coefficient (Wildman–Crippen LogP) is 15.1. The Hall–Kier alpha value is -7.49. The highest BCUT2D eigenvalue weighted by Gasteiger charge is 2.17. The van der Waals surface area contributed by atoms with Crippen LogP contribution in [-0.4, -0.2) is 4.57 Å². The molecule has 57 heavy (non-hydrogen) atoms. The summed E-state index contributed by atoms with van der Waals surface area (Å²) in [5.74, 6) is -0.236. The molecular formula is C54H37FN2. The molecule has 10 aromatic rings. The molecule has 0 aliphatic carbocycles. The van der Waals surface area contributed by atoms with Crippen molar-refractivity contribution in [1.82, 2.24) is 4.57 Å². The fourth-order valence-electron chi connectivity index (χ4n) is 7.99. The van der Waals surface area contributed by atoms with Crippen LogP contribution < -0.4 is 4.90 Å². The molecule has 2 nitrogen and oxygen atoms in total. The normalized spacial score (nSPS) is 11.2. The van der Waals surface area contributed by atoms with Gasteiger partial charge in [0.05, 0.1) is 11.0 Å². The van der Waals surface area contributed by atoms with Gasteiger partial charge in [-0.1, -0.05) is 146 Å². The average Bonchev–Trinajstić information content (AvgIpc) is 3.61. The molecule has 10 rings (SSSR count). The highest BCUT2D eigenvalue weighted by atomic mass is 19.1. The van der Waals surface area contributed by atoms with E-state index in [1.807, 2.05) is 18.2 Å². The van der Waals surface area contributed by atoms with Crippen LogP contribution in [0.15, 0.2) is 224 Å². The van der Waals surface area contributed by atoms with Gasteiger partial charge in [0, 0.05) is 33.5 Å². The Labute approximate surface area is 332 Å². The fraction of sp³-hybridized carbons (Fsp3) is 0. The second kappa shape index (κ2) is 14.6. The van der Waals surface area contributed by atoms with Gasteiger partial charge < -0.3 is 9.47 Å². The molecule has 1 heterocycles. The van der Waals surface area contributed by atoms with E-state index in [2.05, 4.69) is 204 Å². The number of hydrogen-bond donors (Lipinski definition) is 0. The molecule has 3 heteroatoms. The number of anilines is 3. The molecular weight excluding hydrogens is 696 g/mol. The van der Waals surface area contributed by atoms with Crippen molar-refractivity contribution in [2.45, 2.75) is 0 Å². The second-order valence-corrected chi connectivity index (χ2v) is 14.3. The second-order valence-electron chi connectivity index (χ2n) is 14.3. The van der Waals surface area contributed by atoms with Crippen molar-refractivity contribution in [3.8, 4) is 50.2 Å². The summed E-state index contributed by atoms with van der Waals surface area (Å²) >= 11 is 0. The molecule has 9 aromatic carbocycles. The summed E-state index contributed by atoms with van der Waals surface area (Å²) in [6, 6.07) is 78.1. The monoisotopic (exact) mass is 732 g/mol. The Balaban J connectivity index is 1.04. The summed E-state index contributed by atoms with van der Waals surface area (Å²) in [6.45, 7) is 0. The van der Waals surface area contributed by atoms with Crippen LogP contribution in [0.4, 0.5) is 21.5 Å². The maximum Gasteiger partial charge on any atom is 0.123 e. The predicted molar refractivity (Wildman–Crippen MR) is 237 cm³/mol. The Kier molecular flexibility index (Phi) is 8.74. The first-order valence-electron chi connectivity index (χ1n) is 19.3. The first-order valence-corrected chi connectivity index (χ1v) is 19.3. The number of para-hydroxylation sites is 1. The summed E-state index contributed by atoms with van der Waals surface area (Å²) in [5.41, 5.74) is 15.7.